The van der Waals surface area contributed by atoms with E-state index in [-0.39, 0.29) is 30.5 Å². The maximum Gasteiger partial charge on any atom is 0.343 e. The first-order valence-electron chi connectivity index (χ1n) is 15.3. The van der Waals surface area contributed by atoms with Gasteiger partial charge in [0.25, 0.3) is 0 Å². The third-order valence-electron chi connectivity index (χ3n) is 6.78. The molecule has 48 heavy (non-hydrogen) atoms. The first-order valence-corrected chi connectivity index (χ1v) is 15.3. The Kier molecular flexibility index (Phi) is 14.7. The van der Waals surface area contributed by atoms with Gasteiger partial charge in [0.15, 0.2) is 11.5 Å². The fourth-order valence-electron chi connectivity index (χ4n) is 4.23. The third kappa shape index (κ3) is 11.7. The van der Waals surface area contributed by atoms with E-state index in [1.807, 2.05) is 13.8 Å². The lowest BCUT2D eigenvalue weighted by Gasteiger charge is -2.13. The summed E-state index contributed by atoms with van der Waals surface area (Å²) in [5.41, 5.74) is 2.13. The van der Waals surface area contributed by atoms with Crippen LogP contribution in [-0.2, 0) is 19.1 Å². The van der Waals surface area contributed by atoms with E-state index in [1.165, 1.54) is 25.3 Å². The zero-order valence-corrected chi connectivity index (χ0v) is 27.4. The SMILES string of the molecule is C=CC(=O)OCCCCOc1ccc(C(=O)Oc2ccc(OC(=O)c3ccc(OCCCCOC(=O)C=C)c(C)c3)c(OC)c2)cc1C. The van der Waals surface area contributed by atoms with Crippen LogP contribution in [0.15, 0.2) is 79.9 Å². The molecule has 0 aromatic heterocycles. The molecular formula is C37H40O11. The van der Waals surface area contributed by atoms with Crippen LogP contribution in [0.2, 0.25) is 0 Å². The average molecular weight is 661 g/mol. The quantitative estimate of drug-likeness (QED) is 0.0602. The van der Waals surface area contributed by atoms with Crippen molar-refractivity contribution in [3.05, 3.63) is 102 Å². The molecule has 0 aliphatic rings. The van der Waals surface area contributed by atoms with Crippen LogP contribution >= 0.6 is 0 Å². The van der Waals surface area contributed by atoms with Crippen molar-refractivity contribution >= 4 is 23.9 Å². The number of hydrogen-bond acceptors (Lipinski definition) is 11. The summed E-state index contributed by atoms with van der Waals surface area (Å²) in [6.45, 7) is 11.8. The predicted molar refractivity (Wildman–Crippen MR) is 177 cm³/mol. The Morgan fingerprint density at radius 1 is 0.583 bits per heavy atom. The van der Waals surface area contributed by atoms with Gasteiger partial charge in [-0.25, -0.2) is 19.2 Å². The second-order valence-corrected chi connectivity index (χ2v) is 10.4. The number of methoxy groups -OCH3 is 1. The van der Waals surface area contributed by atoms with Crippen molar-refractivity contribution in [1.29, 1.82) is 0 Å². The van der Waals surface area contributed by atoms with Gasteiger partial charge in [-0.2, -0.15) is 0 Å². The Labute approximate surface area is 280 Å². The third-order valence-corrected chi connectivity index (χ3v) is 6.78. The number of esters is 4. The lowest BCUT2D eigenvalue weighted by Crippen LogP contribution is -2.11. The number of hydrogen-bond donors (Lipinski definition) is 0. The highest BCUT2D eigenvalue weighted by atomic mass is 16.6. The summed E-state index contributed by atoms with van der Waals surface area (Å²) in [7, 11) is 1.41. The molecule has 0 fully saturated rings. The molecule has 0 spiro atoms. The van der Waals surface area contributed by atoms with Gasteiger partial charge in [0.1, 0.15) is 17.2 Å². The molecule has 0 unspecified atom stereocenters. The fraction of sp³-hybridized carbons (Fsp3) is 0.297. The molecule has 0 saturated carbocycles. The van der Waals surface area contributed by atoms with E-state index in [1.54, 1.807) is 36.4 Å². The number of carbonyl (C=O) groups excluding carboxylic acids is 4. The Morgan fingerprint density at radius 2 is 1.04 bits per heavy atom. The summed E-state index contributed by atoms with van der Waals surface area (Å²) in [4.78, 5) is 48.0. The monoisotopic (exact) mass is 660 g/mol. The molecule has 11 nitrogen and oxygen atoms in total. The first kappa shape index (κ1) is 36.9. The van der Waals surface area contributed by atoms with Gasteiger partial charge in [0, 0.05) is 18.2 Å². The van der Waals surface area contributed by atoms with Crippen molar-refractivity contribution in [2.45, 2.75) is 39.5 Å². The molecule has 0 bridgehead atoms. The van der Waals surface area contributed by atoms with Gasteiger partial charge in [-0.05, 0) is 99.2 Å². The van der Waals surface area contributed by atoms with Gasteiger partial charge >= 0.3 is 23.9 Å². The minimum atomic E-state index is -0.606. The van der Waals surface area contributed by atoms with Crippen LogP contribution in [0.1, 0.15) is 57.5 Å². The van der Waals surface area contributed by atoms with E-state index >= 15 is 0 Å². The van der Waals surface area contributed by atoms with Gasteiger partial charge in [-0.3, -0.25) is 0 Å². The molecule has 0 aliphatic carbocycles. The molecular weight excluding hydrogens is 620 g/mol. The summed E-state index contributed by atoms with van der Waals surface area (Å²) in [6.07, 6.45) is 4.90. The Bertz CT molecular complexity index is 1610. The average Bonchev–Trinajstić information content (AvgIpc) is 3.09. The van der Waals surface area contributed by atoms with Crippen molar-refractivity contribution in [2.24, 2.45) is 0 Å². The van der Waals surface area contributed by atoms with Crippen molar-refractivity contribution in [3.8, 4) is 28.7 Å². The first-order chi connectivity index (χ1) is 23.1. The smallest absolute Gasteiger partial charge is 0.343 e. The van der Waals surface area contributed by atoms with Crippen LogP contribution in [0.25, 0.3) is 0 Å². The highest BCUT2D eigenvalue weighted by molar-refractivity contribution is 5.92. The number of unbranched alkanes of at least 4 members (excludes halogenated alkanes) is 2. The van der Waals surface area contributed by atoms with Crippen LogP contribution in [0, 0.1) is 13.8 Å². The molecule has 0 amide bonds. The van der Waals surface area contributed by atoms with Gasteiger partial charge < -0.3 is 33.2 Å². The zero-order valence-electron chi connectivity index (χ0n) is 27.4. The molecule has 254 valence electrons. The van der Waals surface area contributed by atoms with E-state index in [0.29, 0.717) is 61.5 Å². The summed E-state index contributed by atoms with van der Waals surface area (Å²) in [6, 6.07) is 14.4. The number of rotatable bonds is 19. The molecule has 0 N–H and O–H groups in total. The largest absolute Gasteiger partial charge is 0.493 e. The van der Waals surface area contributed by atoms with Crippen molar-refractivity contribution in [2.75, 3.05) is 33.5 Å². The van der Waals surface area contributed by atoms with E-state index < -0.39 is 23.9 Å². The molecule has 3 rings (SSSR count). The summed E-state index contributed by atoms with van der Waals surface area (Å²) < 4.78 is 38.0. The topological polar surface area (TPSA) is 133 Å². The second-order valence-electron chi connectivity index (χ2n) is 10.4. The molecule has 3 aromatic rings. The molecule has 0 heterocycles. The van der Waals surface area contributed by atoms with Gasteiger partial charge in [0.05, 0.1) is 44.7 Å². The number of benzene rings is 3. The fourth-order valence-corrected chi connectivity index (χ4v) is 4.23. The van der Waals surface area contributed by atoms with Crippen molar-refractivity contribution < 1.29 is 52.3 Å². The molecule has 0 radical (unpaired) electrons. The Balaban J connectivity index is 1.51. The van der Waals surface area contributed by atoms with Gasteiger partial charge in [-0.15, -0.1) is 0 Å². The van der Waals surface area contributed by atoms with Crippen LogP contribution < -0.4 is 23.7 Å². The standard InChI is InChI=1S/C37H40O11/c1-6-34(38)45-20-10-8-18-43-30-15-12-27(22-25(30)3)36(40)47-29-14-17-32(33(24-29)42-5)48-37(41)28-13-16-31(26(4)23-28)44-19-9-11-21-46-35(39)7-2/h6-7,12-17,22-24H,1-2,8-11,18-21H2,3-5H3. The minimum absolute atomic E-state index is 0.147. The Hall–Kier alpha value is -5.58. The molecule has 0 atom stereocenters. The van der Waals surface area contributed by atoms with Crippen LogP contribution in [0.3, 0.4) is 0 Å². The predicted octanol–water partition coefficient (Wildman–Crippen LogP) is 6.53. The van der Waals surface area contributed by atoms with Gasteiger partial charge in [0.2, 0.25) is 0 Å². The molecule has 0 saturated heterocycles. The molecule has 3 aromatic carbocycles. The summed E-state index contributed by atoms with van der Waals surface area (Å²) in [5, 5.41) is 0. The van der Waals surface area contributed by atoms with Crippen LogP contribution in [0.4, 0.5) is 0 Å². The van der Waals surface area contributed by atoms with E-state index in [9.17, 15) is 19.2 Å². The number of aryl methyl sites for hydroxylation is 2. The molecule has 0 aliphatic heterocycles. The molecule has 11 heteroatoms. The lowest BCUT2D eigenvalue weighted by molar-refractivity contribution is -0.138. The summed E-state index contributed by atoms with van der Waals surface area (Å²) in [5.74, 6) is -0.317. The Morgan fingerprint density at radius 3 is 1.50 bits per heavy atom. The minimum Gasteiger partial charge on any atom is -0.493 e. The van der Waals surface area contributed by atoms with Crippen molar-refractivity contribution in [3.63, 3.8) is 0 Å². The second kappa shape index (κ2) is 19.2. The van der Waals surface area contributed by atoms with E-state index in [0.717, 1.165) is 23.3 Å². The van der Waals surface area contributed by atoms with Crippen LogP contribution in [-0.4, -0.2) is 57.4 Å². The van der Waals surface area contributed by atoms with E-state index in [2.05, 4.69) is 13.2 Å². The van der Waals surface area contributed by atoms with Crippen LogP contribution in [0.5, 0.6) is 28.7 Å². The van der Waals surface area contributed by atoms with Gasteiger partial charge in [-0.1, -0.05) is 13.2 Å². The summed E-state index contributed by atoms with van der Waals surface area (Å²) >= 11 is 0. The number of ether oxygens (including phenoxy) is 7. The maximum absolute atomic E-state index is 12.9. The maximum atomic E-state index is 12.9. The highest BCUT2D eigenvalue weighted by Crippen LogP contribution is 2.33. The van der Waals surface area contributed by atoms with E-state index in [4.69, 9.17) is 33.2 Å². The lowest BCUT2D eigenvalue weighted by atomic mass is 10.1. The zero-order chi connectivity index (χ0) is 34.9. The normalized spacial score (nSPS) is 10.3. The van der Waals surface area contributed by atoms with Crippen molar-refractivity contribution in [1.82, 2.24) is 0 Å². The highest BCUT2D eigenvalue weighted by Gasteiger charge is 2.17. The number of carbonyl (C=O) groups is 4.